The third-order valence-electron chi connectivity index (χ3n) is 2.66. The van der Waals surface area contributed by atoms with E-state index in [1.165, 1.54) is 12.8 Å². The van der Waals surface area contributed by atoms with E-state index in [0.29, 0.717) is 12.2 Å². The lowest BCUT2D eigenvalue weighted by Crippen LogP contribution is -2.22. The summed E-state index contributed by atoms with van der Waals surface area (Å²) in [5.41, 5.74) is 0.609. The molecule has 0 saturated heterocycles. The van der Waals surface area contributed by atoms with Gasteiger partial charge in [0.1, 0.15) is 6.61 Å². The number of hydrogen-bond donors (Lipinski definition) is 1. The minimum atomic E-state index is -0.250. The molecule has 0 bridgehead atoms. The lowest BCUT2D eigenvalue weighted by atomic mass is 10.1. The number of nitrogens with one attached hydrogen (secondary N) is 1. The highest BCUT2D eigenvalue weighted by Crippen LogP contribution is 2.02. The molecule has 0 aliphatic rings. The third-order valence-corrected chi connectivity index (χ3v) is 2.66. The van der Waals surface area contributed by atoms with Crippen LogP contribution in [-0.4, -0.2) is 25.7 Å². The monoisotopic (exact) mass is 249 g/mol. The lowest BCUT2D eigenvalue weighted by molar-refractivity contribution is 0.0508. The molecule has 0 heterocycles. The summed E-state index contributed by atoms with van der Waals surface area (Å²) in [5.74, 6) is 0.502. The van der Waals surface area contributed by atoms with Gasteiger partial charge in [0.15, 0.2) is 0 Å². The van der Waals surface area contributed by atoms with E-state index in [1.807, 2.05) is 18.2 Å². The van der Waals surface area contributed by atoms with E-state index < -0.39 is 0 Å². The molecule has 0 aliphatic carbocycles. The van der Waals surface area contributed by atoms with Crippen LogP contribution in [0, 0.1) is 5.92 Å². The first-order valence-corrected chi connectivity index (χ1v) is 6.63. The van der Waals surface area contributed by atoms with Crippen LogP contribution in [0.4, 0.5) is 0 Å². The van der Waals surface area contributed by atoms with Crippen molar-refractivity contribution in [3.05, 3.63) is 35.9 Å². The van der Waals surface area contributed by atoms with E-state index in [9.17, 15) is 4.79 Å². The molecule has 0 unspecified atom stereocenters. The van der Waals surface area contributed by atoms with Gasteiger partial charge in [-0.25, -0.2) is 4.79 Å². The zero-order valence-corrected chi connectivity index (χ0v) is 11.3. The van der Waals surface area contributed by atoms with E-state index in [-0.39, 0.29) is 5.97 Å². The van der Waals surface area contributed by atoms with E-state index in [4.69, 9.17) is 4.74 Å². The molecule has 18 heavy (non-hydrogen) atoms. The van der Waals surface area contributed by atoms with Gasteiger partial charge in [-0.1, -0.05) is 32.0 Å². The Labute approximate surface area is 110 Å². The number of rotatable bonds is 8. The second-order valence-electron chi connectivity index (χ2n) is 4.79. The predicted molar refractivity (Wildman–Crippen MR) is 73.7 cm³/mol. The van der Waals surface area contributed by atoms with Crippen LogP contribution >= 0.6 is 0 Å². The summed E-state index contributed by atoms with van der Waals surface area (Å²) in [6, 6.07) is 9.07. The lowest BCUT2D eigenvalue weighted by Gasteiger charge is -2.07. The molecule has 0 fully saturated rings. The minimum absolute atomic E-state index is 0.250. The first-order chi connectivity index (χ1) is 8.70. The fourth-order valence-corrected chi connectivity index (χ4v) is 1.63. The first kappa shape index (κ1) is 14.7. The average Bonchev–Trinajstić information content (AvgIpc) is 2.38. The molecule has 3 heteroatoms. The second kappa shape index (κ2) is 8.70. The van der Waals surface area contributed by atoms with Crippen molar-refractivity contribution in [1.82, 2.24) is 5.32 Å². The average molecular weight is 249 g/mol. The smallest absolute Gasteiger partial charge is 0.338 e. The van der Waals surface area contributed by atoms with Crippen LogP contribution in [0.2, 0.25) is 0 Å². The molecule has 0 atom stereocenters. The highest BCUT2D eigenvalue weighted by Gasteiger charge is 2.04. The van der Waals surface area contributed by atoms with Gasteiger partial charge in [0.25, 0.3) is 0 Å². The van der Waals surface area contributed by atoms with Crippen molar-refractivity contribution in [3.8, 4) is 0 Å². The van der Waals surface area contributed by atoms with Gasteiger partial charge < -0.3 is 10.1 Å². The summed E-state index contributed by atoms with van der Waals surface area (Å²) >= 11 is 0. The summed E-state index contributed by atoms with van der Waals surface area (Å²) in [6.45, 7) is 6.58. The van der Waals surface area contributed by atoms with Crippen LogP contribution in [0.1, 0.15) is 37.0 Å². The van der Waals surface area contributed by atoms with Crippen LogP contribution in [0.3, 0.4) is 0 Å². The number of benzene rings is 1. The van der Waals surface area contributed by atoms with Crippen LogP contribution in [0.25, 0.3) is 0 Å². The van der Waals surface area contributed by atoms with E-state index in [0.717, 1.165) is 19.0 Å². The highest BCUT2D eigenvalue weighted by atomic mass is 16.5. The van der Waals surface area contributed by atoms with Crippen molar-refractivity contribution >= 4 is 5.97 Å². The number of ether oxygens (including phenoxy) is 1. The summed E-state index contributed by atoms with van der Waals surface area (Å²) in [5, 5.41) is 3.27. The Kier molecular flexibility index (Phi) is 7.11. The SMILES string of the molecule is CC(C)CCCNCCOC(=O)c1ccccc1. The Bertz CT molecular complexity index is 336. The Morgan fingerprint density at radius 3 is 2.61 bits per heavy atom. The van der Waals surface area contributed by atoms with Gasteiger partial charge in [-0.15, -0.1) is 0 Å². The van der Waals surface area contributed by atoms with E-state index >= 15 is 0 Å². The zero-order chi connectivity index (χ0) is 13.2. The summed E-state index contributed by atoms with van der Waals surface area (Å²) in [7, 11) is 0. The third kappa shape index (κ3) is 6.40. The molecule has 1 aromatic rings. The van der Waals surface area contributed by atoms with Crippen molar-refractivity contribution in [1.29, 1.82) is 0 Å². The van der Waals surface area contributed by atoms with Gasteiger partial charge in [-0.2, -0.15) is 0 Å². The Morgan fingerprint density at radius 1 is 1.22 bits per heavy atom. The Balaban J connectivity index is 2.03. The number of hydrogen-bond acceptors (Lipinski definition) is 3. The van der Waals surface area contributed by atoms with Crippen LogP contribution < -0.4 is 5.32 Å². The maximum atomic E-state index is 11.6. The standard InChI is InChI=1S/C15H23NO2/c1-13(2)7-6-10-16-11-12-18-15(17)14-8-4-3-5-9-14/h3-5,8-9,13,16H,6-7,10-12H2,1-2H3. The quantitative estimate of drug-likeness (QED) is 0.568. The Morgan fingerprint density at radius 2 is 1.94 bits per heavy atom. The highest BCUT2D eigenvalue weighted by molar-refractivity contribution is 5.89. The second-order valence-corrected chi connectivity index (χ2v) is 4.79. The largest absolute Gasteiger partial charge is 0.461 e. The maximum Gasteiger partial charge on any atom is 0.338 e. The van der Waals surface area contributed by atoms with Crippen LogP contribution in [-0.2, 0) is 4.74 Å². The minimum Gasteiger partial charge on any atom is -0.461 e. The molecule has 0 saturated carbocycles. The van der Waals surface area contributed by atoms with Gasteiger partial charge in [-0.05, 0) is 37.4 Å². The number of carbonyl (C=O) groups excluding carboxylic acids is 1. The molecule has 0 amide bonds. The van der Waals surface area contributed by atoms with Crippen molar-refractivity contribution in [2.45, 2.75) is 26.7 Å². The van der Waals surface area contributed by atoms with Gasteiger partial charge in [0.05, 0.1) is 5.56 Å². The zero-order valence-electron chi connectivity index (χ0n) is 11.3. The molecule has 0 radical (unpaired) electrons. The molecule has 0 spiro atoms. The topological polar surface area (TPSA) is 38.3 Å². The number of esters is 1. The summed E-state index contributed by atoms with van der Waals surface area (Å²) in [4.78, 5) is 11.6. The fraction of sp³-hybridized carbons (Fsp3) is 0.533. The molecule has 3 nitrogen and oxygen atoms in total. The fourth-order valence-electron chi connectivity index (χ4n) is 1.63. The van der Waals surface area contributed by atoms with Crippen molar-refractivity contribution in [2.75, 3.05) is 19.7 Å². The molecule has 0 aromatic heterocycles. The van der Waals surface area contributed by atoms with Crippen molar-refractivity contribution in [2.24, 2.45) is 5.92 Å². The van der Waals surface area contributed by atoms with E-state index in [1.54, 1.807) is 12.1 Å². The van der Waals surface area contributed by atoms with Gasteiger partial charge in [0.2, 0.25) is 0 Å². The molecular weight excluding hydrogens is 226 g/mol. The van der Waals surface area contributed by atoms with Crippen molar-refractivity contribution < 1.29 is 9.53 Å². The molecular formula is C15H23NO2. The van der Waals surface area contributed by atoms with E-state index in [2.05, 4.69) is 19.2 Å². The van der Waals surface area contributed by atoms with Gasteiger partial charge in [0, 0.05) is 6.54 Å². The summed E-state index contributed by atoms with van der Waals surface area (Å²) < 4.78 is 5.15. The van der Waals surface area contributed by atoms with Gasteiger partial charge >= 0.3 is 5.97 Å². The van der Waals surface area contributed by atoms with Crippen LogP contribution in [0.5, 0.6) is 0 Å². The summed E-state index contributed by atoms with van der Waals surface area (Å²) in [6.07, 6.45) is 2.40. The Hall–Kier alpha value is -1.35. The molecule has 1 rings (SSSR count). The molecule has 1 N–H and O–H groups in total. The van der Waals surface area contributed by atoms with Crippen LogP contribution in [0.15, 0.2) is 30.3 Å². The first-order valence-electron chi connectivity index (χ1n) is 6.63. The normalized spacial score (nSPS) is 10.6. The van der Waals surface area contributed by atoms with Gasteiger partial charge in [-0.3, -0.25) is 0 Å². The maximum absolute atomic E-state index is 11.6. The molecule has 0 aliphatic heterocycles. The molecule has 1 aromatic carbocycles. The van der Waals surface area contributed by atoms with Crippen molar-refractivity contribution in [3.63, 3.8) is 0 Å². The molecule has 100 valence electrons. The number of carbonyl (C=O) groups is 1. The predicted octanol–water partition coefficient (Wildman–Crippen LogP) is 2.87.